The number of methoxy groups -OCH3 is 1. The molecule has 1 aromatic carbocycles. The summed E-state index contributed by atoms with van der Waals surface area (Å²) in [5.74, 6) is 1.05. The van der Waals surface area contributed by atoms with Gasteiger partial charge in [0.2, 0.25) is 0 Å². The maximum atomic E-state index is 11.1. The Morgan fingerprint density at radius 3 is 2.53 bits per heavy atom. The molecular formula is C16H22O3. The van der Waals surface area contributed by atoms with Gasteiger partial charge in [0, 0.05) is 0 Å². The van der Waals surface area contributed by atoms with Gasteiger partial charge in [-0.1, -0.05) is 25.5 Å². The van der Waals surface area contributed by atoms with E-state index in [2.05, 4.69) is 19.1 Å². The topological polar surface area (TPSA) is 46.5 Å². The third-order valence-electron chi connectivity index (χ3n) is 4.40. The smallest absolute Gasteiger partial charge is 0.306 e. The number of carbonyl (C=O) groups is 1. The molecule has 0 radical (unpaired) electrons. The minimum Gasteiger partial charge on any atom is -0.497 e. The van der Waals surface area contributed by atoms with Gasteiger partial charge >= 0.3 is 5.97 Å². The summed E-state index contributed by atoms with van der Waals surface area (Å²) in [5.41, 5.74) is 1.32. The molecule has 1 fully saturated rings. The summed E-state index contributed by atoms with van der Waals surface area (Å²) in [6, 6.07) is 8.22. The van der Waals surface area contributed by atoms with E-state index < -0.39 is 5.97 Å². The van der Waals surface area contributed by atoms with Crippen molar-refractivity contribution >= 4 is 5.97 Å². The van der Waals surface area contributed by atoms with Crippen molar-refractivity contribution < 1.29 is 14.6 Å². The van der Waals surface area contributed by atoms with E-state index >= 15 is 0 Å². The highest BCUT2D eigenvalue weighted by molar-refractivity contribution is 5.70. The Morgan fingerprint density at radius 2 is 2.00 bits per heavy atom. The summed E-state index contributed by atoms with van der Waals surface area (Å²) in [5, 5.41) is 9.16. The number of aliphatic carboxylic acids is 1. The van der Waals surface area contributed by atoms with Gasteiger partial charge in [-0.25, -0.2) is 0 Å². The van der Waals surface area contributed by atoms with E-state index in [9.17, 15) is 4.79 Å². The first-order valence-corrected chi connectivity index (χ1v) is 7.02. The summed E-state index contributed by atoms with van der Waals surface area (Å²) in [7, 11) is 1.67. The van der Waals surface area contributed by atoms with Crippen LogP contribution in [0.1, 0.15) is 44.1 Å². The molecule has 0 heterocycles. The number of carboxylic acids is 1. The zero-order valence-corrected chi connectivity index (χ0v) is 11.6. The van der Waals surface area contributed by atoms with Crippen LogP contribution in [0.4, 0.5) is 0 Å². The van der Waals surface area contributed by atoms with Crippen molar-refractivity contribution in [1.82, 2.24) is 0 Å². The zero-order valence-electron chi connectivity index (χ0n) is 11.6. The Morgan fingerprint density at radius 1 is 1.32 bits per heavy atom. The van der Waals surface area contributed by atoms with E-state index in [-0.39, 0.29) is 5.92 Å². The van der Waals surface area contributed by atoms with Crippen LogP contribution < -0.4 is 4.74 Å². The Hall–Kier alpha value is -1.51. The molecule has 0 amide bonds. The summed E-state index contributed by atoms with van der Waals surface area (Å²) in [6.45, 7) is 2.16. The number of benzene rings is 1. The SMILES string of the molecule is CC[C@@H]1C[C@H](C(=O)O)CC[C@@H]1c1ccc(OC)cc1. The van der Waals surface area contributed by atoms with Crippen LogP contribution in [-0.4, -0.2) is 18.2 Å². The number of hydrogen-bond acceptors (Lipinski definition) is 2. The molecule has 1 aliphatic rings. The van der Waals surface area contributed by atoms with Crippen LogP contribution in [0, 0.1) is 11.8 Å². The van der Waals surface area contributed by atoms with Gasteiger partial charge in [0.25, 0.3) is 0 Å². The van der Waals surface area contributed by atoms with Crippen molar-refractivity contribution in [2.45, 2.75) is 38.5 Å². The zero-order chi connectivity index (χ0) is 13.8. The summed E-state index contributed by atoms with van der Waals surface area (Å²) in [4.78, 5) is 11.1. The molecule has 1 saturated carbocycles. The third-order valence-corrected chi connectivity index (χ3v) is 4.40. The fourth-order valence-corrected chi connectivity index (χ4v) is 3.23. The van der Waals surface area contributed by atoms with Gasteiger partial charge in [0.15, 0.2) is 0 Å². The van der Waals surface area contributed by atoms with Gasteiger partial charge in [0.1, 0.15) is 5.75 Å². The second kappa shape index (κ2) is 6.09. The average molecular weight is 262 g/mol. The lowest BCUT2D eigenvalue weighted by molar-refractivity contribution is -0.143. The van der Waals surface area contributed by atoms with Crippen LogP contribution in [0.25, 0.3) is 0 Å². The molecule has 0 aromatic heterocycles. The maximum Gasteiger partial charge on any atom is 0.306 e. The molecule has 3 nitrogen and oxygen atoms in total. The molecule has 2 rings (SSSR count). The van der Waals surface area contributed by atoms with Crippen LogP contribution in [0.3, 0.4) is 0 Å². The van der Waals surface area contributed by atoms with Gasteiger partial charge < -0.3 is 9.84 Å². The fraction of sp³-hybridized carbons (Fsp3) is 0.562. The highest BCUT2D eigenvalue weighted by Gasteiger charge is 2.33. The molecule has 104 valence electrons. The summed E-state index contributed by atoms with van der Waals surface area (Å²) >= 11 is 0. The first-order chi connectivity index (χ1) is 9.15. The van der Waals surface area contributed by atoms with Crippen LogP contribution in [0.15, 0.2) is 24.3 Å². The maximum absolute atomic E-state index is 11.1. The van der Waals surface area contributed by atoms with E-state index in [1.54, 1.807) is 7.11 Å². The number of carboxylic acid groups (broad SMARTS) is 1. The Labute approximate surface area is 114 Å². The predicted molar refractivity (Wildman–Crippen MR) is 74.5 cm³/mol. The van der Waals surface area contributed by atoms with E-state index in [1.165, 1.54) is 5.56 Å². The quantitative estimate of drug-likeness (QED) is 0.900. The lowest BCUT2D eigenvalue weighted by Gasteiger charge is -2.34. The second-order valence-corrected chi connectivity index (χ2v) is 5.40. The minimum atomic E-state index is -0.633. The van der Waals surface area contributed by atoms with E-state index in [4.69, 9.17) is 9.84 Å². The normalized spacial score (nSPS) is 26.9. The predicted octanol–water partition coefficient (Wildman–Crippen LogP) is 3.69. The van der Waals surface area contributed by atoms with E-state index in [1.807, 2.05) is 12.1 Å². The minimum absolute atomic E-state index is 0.153. The lowest BCUT2D eigenvalue weighted by atomic mass is 9.70. The number of rotatable bonds is 4. The van der Waals surface area contributed by atoms with Gasteiger partial charge in [-0.05, 0) is 48.8 Å². The van der Waals surface area contributed by atoms with Crippen LogP contribution >= 0.6 is 0 Å². The monoisotopic (exact) mass is 262 g/mol. The highest BCUT2D eigenvalue weighted by Crippen LogP contribution is 2.42. The third kappa shape index (κ3) is 3.09. The fourth-order valence-electron chi connectivity index (χ4n) is 3.23. The molecular weight excluding hydrogens is 240 g/mol. The average Bonchev–Trinajstić information content (AvgIpc) is 2.46. The molecule has 3 atom stereocenters. The lowest BCUT2D eigenvalue weighted by Crippen LogP contribution is -2.27. The first-order valence-electron chi connectivity index (χ1n) is 7.02. The van der Waals surface area contributed by atoms with Gasteiger partial charge in [0.05, 0.1) is 13.0 Å². The Bertz CT molecular complexity index is 424. The molecule has 0 bridgehead atoms. The van der Waals surface area contributed by atoms with E-state index in [0.717, 1.165) is 31.4 Å². The van der Waals surface area contributed by atoms with Gasteiger partial charge in [-0.2, -0.15) is 0 Å². The van der Waals surface area contributed by atoms with E-state index in [0.29, 0.717) is 11.8 Å². The molecule has 1 aromatic rings. The molecule has 1 aliphatic carbocycles. The van der Waals surface area contributed by atoms with Crippen molar-refractivity contribution in [2.75, 3.05) is 7.11 Å². The first kappa shape index (κ1) is 13.9. The Kier molecular flexibility index (Phi) is 4.46. The van der Waals surface area contributed by atoms with Crippen molar-refractivity contribution in [2.24, 2.45) is 11.8 Å². The summed E-state index contributed by atoms with van der Waals surface area (Å²) < 4.78 is 5.18. The van der Waals surface area contributed by atoms with Crippen molar-refractivity contribution in [3.8, 4) is 5.75 Å². The molecule has 19 heavy (non-hydrogen) atoms. The summed E-state index contributed by atoms with van der Waals surface area (Å²) in [6.07, 6.45) is 3.62. The molecule has 0 aliphatic heterocycles. The number of ether oxygens (including phenoxy) is 1. The van der Waals surface area contributed by atoms with Crippen LogP contribution in [0.5, 0.6) is 5.75 Å². The van der Waals surface area contributed by atoms with Crippen molar-refractivity contribution in [3.05, 3.63) is 29.8 Å². The Balaban J connectivity index is 2.12. The number of hydrogen-bond donors (Lipinski definition) is 1. The van der Waals surface area contributed by atoms with Gasteiger partial charge in [-0.15, -0.1) is 0 Å². The molecule has 0 spiro atoms. The molecule has 3 heteroatoms. The molecule has 0 saturated heterocycles. The van der Waals surface area contributed by atoms with Crippen LogP contribution in [-0.2, 0) is 4.79 Å². The second-order valence-electron chi connectivity index (χ2n) is 5.40. The van der Waals surface area contributed by atoms with Crippen molar-refractivity contribution in [3.63, 3.8) is 0 Å². The largest absolute Gasteiger partial charge is 0.497 e. The standard InChI is InChI=1S/C16H22O3/c1-3-11-10-13(16(17)18)6-9-15(11)12-4-7-14(19-2)8-5-12/h4-5,7-8,11,13,15H,3,6,9-10H2,1-2H3,(H,17,18)/t11-,13-,15+/m1/s1. The molecule has 1 N–H and O–H groups in total. The van der Waals surface area contributed by atoms with Crippen molar-refractivity contribution in [1.29, 1.82) is 0 Å². The highest BCUT2D eigenvalue weighted by atomic mass is 16.5. The van der Waals surface area contributed by atoms with Gasteiger partial charge in [-0.3, -0.25) is 4.79 Å². The van der Waals surface area contributed by atoms with Crippen LogP contribution in [0.2, 0.25) is 0 Å². The molecule has 0 unspecified atom stereocenters.